The molecule has 7 heteroatoms. The average molecular weight is 227 g/mol. The minimum absolute atomic E-state index is 0.297. The van der Waals surface area contributed by atoms with Gasteiger partial charge in [0.15, 0.2) is 0 Å². The molecule has 2 N–H and O–H groups in total. The number of likely N-dealkylation sites (tertiary alicyclic amines) is 1. The van der Waals surface area contributed by atoms with Crippen LogP contribution in [0, 0.1) is 11.1 Å². The number of carbonyl (C=O) groups excluding carboxylic acids is 1. The van der Waals surface area contributed by atoms with Crippen molar-refractivity contribution < 1.29 is 9.53 Å². The Hall–Kier alpha value is -1.53. The standard InChI is InChI=1S/C9H17N5O2/c1-9(2,3)16-8(15)14-4-6(12-10)7(5-14)13-11/h6-7,10-11H,4-5H2,1-3H3. The molecule has 1 amide bonds. The Balaban J connectivity index is 2.61. The first-order valence-electron chi connectivity index (χ1n) is 5.08. The summed E-state index contributed by atoms with van der Waals surface area (Å²) in [7, 11) is 0. The lowest BCUT2D eigenvalue weighted by Crippen LogP contribution is -2.35. The molecular weight excluding hydrogens is 210 g/mol. The zero-order valence-corrected chi connectivity index (χ0v) is 9.73. The van der Waals surface area contributed by atoms with Gasteiger partial charge in [0.05, 0.1) is 13.1 Å². The van der Waals surface area contributed by atoms with Crippen LogP contribution in [0.5, 0.6) is 0 Å². The van der Waals surface area contributed by atoms with Crippen molar-refractivity contribution in [3.63, 3.8) is 0 Å². The van der Waals surface area contributed by atoms with Crippen molar-refractivity contribution in [1.82, 2.24) is 4.90 Å². The highest BCUT2D eigenvalue weighted by molar-refractivity contribution is 5.68. The average Bonchev–Trinajstić information content (AvgIpc) is 2.57. The highest BCUT2D eigenvalue weighted by Crippen LogP contribution is 2.19. The monoisotopic (exact) mass is 227 g/mol. The van der Waals surface area contributed by atoms with Crippen LogP contribution in [0.25, 0.3) is 0 Å². The molecule has 1 aliphatic rings. The molecule has 2 atom stereocenters. The number of amides is 1. The van der Waals surface area contributed by atoms with Crippen molar-refractivity contribution in [1.29, 1.82) is 11.1 Å². The van der Waals surface area contributed by atoms with Crippen LogP contribution in [0.15, 0.2) is 10.2 Å². The van der Waals surface area contributed by atoms with E-state index in [-0.39, 0.29) is 0 Å². The third-order valence-electron chi connectivity index (χ3n) is 2.24. The van der Waals surface area contributed by atoms with Gasteiger partial charge in [-0.25, -0.2) is 15.9 Å². The van der Waals surface area contributed by atoms with Gasteiger partial charge in [-0.15, -0.1) is 0 Å². The largest absolute Gasteiger partial charge is 0.444 e. The molecule has 0 bridgehead atoms. The van der Waals surface area contributed by atoms with E-state index in [1.807, 2.05) is 0 Å². The Morgan fingerprint density at radius 2 is 1.69 bits per heavy atom. The molecule has 0 aliphatic carbocycles. The predicted octanol–water partition coefficient (Wildman–Crippen LogP) is 2.04. The number of nitrogens with one attached hydrogen (secondary N) is 2. The maximum Gasteiger partial charge on any atom is 0.410 e. The summed E-state index contributed by atoms with van der Waals surface area (Å²) in [4.78, 5) is 13.1. The molecule has 0 radical (unpaired) electrons. The van der Waals surface area contributed by atoms with Crippen molar-refractivity contribution >= 4 is 6.09 Å². The minimum atomic E-state index is -0.541. The molecule has 16 heavy (non-hydrogen) atoms. The fourth-order valence-electron chi connectivity index (χ4n) is 1.50. The highest BCUT2D eigenvalue weighted by Gasteiger charge is 2.37. The van der Waals surface area contributed by atoms with E-state index in [4.69, 9.17) is 15.8 Å². The molecule has 1 rings (SSSR count). The van der Waals surface area contributed by atoms with Gasteiger partial charge in [0.25, 0.3) is 0 Å². The Morgan fingerprint density at radius 1 is 1.25 bits per heavy atom. The number of nitrogens with zero attached hydrogens (tertiary/aromatic N) is 3. The molecule has 90 valence electrons. The molecule has 7 nitrogen and oxygen atoms in total. The number of hydrogen-bond acceptors (Lipinski definition) is 6. The van der Waals surface area contributed by atoms with Crippen LogP contribution in [0.1, 0.15) is 20.8 Å². The zero-order valence-electron chi connectivity index (χ0n) is 9.73. The van der Waals surface area contributed by atoms with Crippen LogP contribution in [-0.2, 0) is 4.74 Å². The first kappa shape index (κ1) is 12.5. The maximum atomic E-state index is 11.7. The van der Waals surface area contributed by atoms with E-state index in [1.54, 1.807) is 20.8 Å². The van der Waals surface area contributed by atoms with Crippen molar-refractivity contribution in [3.8, 4) is 0 Å². The summed E-state index contributed by atoms with van der Waals surface area (Å²) in [5.41, 5.74) is 13.4. The SMILES string of the molecule is CC(C)(C)OC(=O)N1CC(N=N)C(N=N)C1. The van der Waals surface area contributed by atoms with Gasteiger partial charge in [-0.2, -0.15) is 10.2 Å². The Morgan fingerprint density at radius 3 is 2.00 bits per heavy atom. The zero-order chi connectivity index (χ0) is 12.3. The summed E-state index contributed by atoms with van der Waals surface area (Å²) >= 11 is 0. The summed E-state index contributed by atoms with van der Waals surface area (Å²) < 4.78 is 5.19. The molecule has 1 heterocycles. The fourth-order valence-corrected chi connectivity index (χ4v) is 1.50. The van der Waals surface area contributed by atoms with Gasteiger partial charge >= 0.3 is 6.09 Å². The third kappa shape index (κ3) is 2.98. The molecule has 0 aromatic heterocycles. The van der Waals surface area contributed by atoms with Crippen molar-refractivity contribution in [2.24, 2.45) is 10.2 Å². The summed E-state index contributed by atoms with van der Waals surface area (Å²) in [6.07, 6.45) is -0.438. The van der Waals surface area contributed by atoms with Crippen LogP contribution < -0.4 is 0 Å². The summed E-state index contributed by atoms with van der Waals surface area (Å²) in [5, 5.41) is 6.71. The van der Waals surface area contributed by atoms with Gasteiger partial charge in [-0.05, 0) is 20.8 Å². The van der Waals surface area contributed by atoms with E-state index in [9.17, 15) is 4.79 Å². The molecule has 1 aliphatic heterocycles. The van der Waals surface area contributed by atoms with Crippen LogP contribution in [0.2, 0.25) is 0 Å². The Kier molecular flexibility index (Phi) is 3.56. The Labute approximate surface area is 94.2 Å². The lowest BCUT2D eigenvalue weighted by atomic mass is 10.2. The van der Waals surface area contributed by atoms with Crippen LogP contribution in [-0.4, -0.2) is 41.8 Å². The van der Waals surface area contributed by atoms with Crippen molar-refractivity contribution in [2.45, 2.75) is 38.5 Å². The van der Waals surface area contributed by atoms with Gasteiger partial charge in [-0.1, -0.05) is 0 Å². The first-order valence-corrected chi connectivity index (χ1v) is 5.08. The summed E-state index contributed by atoms with van der Waals surface area (Å²) in [6, 6.07) is -0.824. The molecule has 0 spiro atoms. The number of hydrogen-bond donors (Lipinski definition) is 2. The molecule has 0 saturated carbocycles. The van der Waals surface area contributed by atoms with Gasteiger partial charge in [-0.3, -0.25) is 0 Å². The second-order valence-corrected chi connectivity index (χ2v) is 4.78. The van der Waals surface area contributed by atoms with Gasteiger partial charge < -0.3 is 9.64 Å². The van der Waals surface area contributed by atoms with Crippen molar-refractivity contribution in [2.75, 3.05) is 13.1 Å². The first-order chi connectivity index (χ1) is 7.37. The molecule has 1 saturated heterocycles. The Bertz CT molecular complexity index is 283. The normalized spacial score (nSPS) is 25.3. The lowest BCUT2D eigenvalue weighted by Gasteiger charge is -2.24. The minimum Gasteiger partial charge on any atom is -0.444 e. The van der Waals surface area contributed by atoms with Crippen LogP contribution in [0.4, 0.5) is 4.79 Å². The fraction of sp³-hybridized carbons (Fsp3) is 0.889. The van der Waals surface area contributed by atoms with Gasteiger partial charge in [0, 0.05) is 0 Å². The summed E-state index contributed by atoms with van der Waals surface area (Å²) in [6.45, 7) is 5.97. The maximum absolute atomic E-state index is 11.7. The molecule has 0 aromatic rings. The number of rotatable bonds is 2. The van der Waals surface area contributed by atoms with E-state index in [0.717, 1.165) is 0 Å². The molecule has 0 aromatic carbocycles. The predicted molar refractivity (Wildman–Crippen MR) is 55.7 cm³/mol. The van der Waals surface area contributed by atoms with Crippen LogP contribution >= 0.6 is 0 Å². The van der Waals surface area contributed by atoms with E-state index in [0.29, 0.717) is 13.1 Å². The lowest BCUT2D eigenvalue weighted by molar-refractivity contribution is 0.0290. The molecular formula is C9H17N5O2. The summed E-state index contributed by atoms with van der Waals surface area (Å²) in [5.74, 6) is 0. The van der Waals surface area contributed by atoms with Crippen LogP contribution in [0.3, 0.4) is 0 Å². The molecule has 1 fully saturated rings. The number of ether oxygens (including phenoxy) is 1. The van der Waals surface area contributed by atoms with Crippen molar-refractivity contribution in [3.05, 3.63) is 0 Å². The third-order valence-corrected chi connectivity index (χ3v) is 2.24. The quantitative estimate of drug-likeness (QED) is 0.705. The molecule has 2 unspecified atom stereocenters. The van der Waals surface area contributed by atoms with E-state index >= 15 is 0 Å². The van der Waals surface area contributed by atoms with Gasteiger partial charge in [0.2, 0.25) is 0 Å². The highest BCUT2D eigenvalue weighted by atomic mass is 16.6. The van der Waals surface area contributed by atoms with E-state index < -0.39 is 23.8 Å². The topological polar surface area (TPSA) is 102 Å². The van der Waals surface area contributed by atoms with Gasteiger partial charge in [0.1, 0.15) is 17.7 Å². The second-order valence-electron chi connectivity index (χ2n) is 4.78. The van der Waals surface area contributed by atoms with E-state index in [2.05, 4.69) is 10.2 Å². The van der Waals surface area contributed by atoms with E-state index in [1.165, 1.54) is 4.90 Å². The second kappa shape index (κ2) is 4.54. The smallest absolute Gasteiger partial charge is 0.410 e. The number of carbonyl (C=O) groups is 1.